The summed E-state index contributed by atoms with van der Waals surface area (Å²) in [5.41, 5.74) is 0.338. The van der Waals surface area contributed by atoms with Gasteiger partial charge in [0.15, 0.2) is 0 Å². The van der Waals surface area contributed by atoms with Crippen molar-refractivity contribution in [1.82, 2.24) is 5.32 Å². The Morgan fingerprint density at radius 1 is 1.00 bits per heavy atom. The molecule has 0 aromatic heterocycles. The van der Waals surface area contributed by atoms with Crippen molar-refractivity contribution in [3.63, 3.8) is 0 Å². The number of carbonyl (C=O) groups is 2. The molecular weight excluding hydrogens is 311 g/mol. The van der Waals surface area contributed by atoms with Crippen LogP contribution in [0.3, 0.4) is 0 Å². The van der Waals surface area contributed by atoms with Crippen LogP contribution < -0.4 is 10.6 Å². The van der Waals surface area contributed by atoms with Gasteiger partial charge in [0.25, 0.3) is 0 Å². The summed E-state index contributed by atoms with van der Waals surface area (Å²) in [5.74, 6) is -1.35. The summed E-state index contributed by atoms with van der Waals surface area (Å²) in [6.45, 7) is 0. The van der Waals surface area contributed by atoms with Gasteiger partial charge in [-0.2, -0.15) is 0 Å². The van der Waals surface area contributed by atoms with Gasteiger partial charge < -0.3 is 10.6 Å². The fourth-order valence-corrected chi connectivity index (χ4v) is 2.80. The smallest absolute Gasteiger partial charge is 0.313 e. The van der Waals surface area contributed by atoms with Gasteiger partial charge in [-0.3, -0.25) is 9.59 Å². The number of anilines is 1. The molecule has 6 heteroatoms. The predicted molar refractivity (Wildman–Crippen MR) is 84.7 cm³/mol. The van der Waals surface area contributed by atoms with Gasteiger partial charge in [0, 0.05) is 6.04 Å². The monoisotopic (exact) mass is 328 g/mol. The lowest BCUT2D eigenvalue weighted by atomic mass is 10.1. The first kappa shape index (κ1) is 16.1. The van der Waals surface area contributed by atoms with Gasteiger partial charge in [-0.05, 0) is 25.0 Å². The van der Waals surface area contributed by atoms with Crippen molar-refractivity contribution in [3.05, 3.63) is 28.2 Å². The molecule has 0 saturated heterocycles. The number of rotatable bonds is 2. The van der Waals surface area contributed by atoms with Crippen molar-refractivity contribution in [3.8, 4) is 0 Å². The van der Waals surface area contributed by atoms with E-state index in [9.17, 15) is 9.59 Å². The standard InChI is InChI=1S/C15H18Cl2N2O2/c16-11-8-5-9-12(13(11)17)19-15(21)14(20)18-10-6-3-1-2-4-7-10/h5,8-10H,1-4,6-7H2,(H,18,20)(H,19,21). The van der Waals surface area contributed by atoms with Gasteiger partial charge in [0.1, 0.15) is 0 Å². The molecule has 0 spiro atoms. The minimum absolute atomic E-state index is 0.0839. The zero-order chi connectivity index (χ0) is 15.2. The normalized spacial score (nSPS) is 16.1. The van der Waals surface area contributed by atoms with Gasteiger partial charge in [0.05, 0.1) is 15.7 Å². The number of halogens is 2. The Labute approximate surface area is 134 Å². The molecule has 0 heterocycles. The van der Waals surface area contributed by atoms with Crippen molar-refractivity contribution >= 4 is 40.7 Å². The summed E-state index contributed by atoms with van der Waals surface area (Å²) < 4.78 is 0. The lowest BCUT2D eigenvalue weighted by molar-refractivity contribution is -0.136. The molecule has 1 aromatic rings. The number of hydrogen-bond acceptors (Lipinski definition) is 2. The Kier molecular flexibility index (Phi) is 5.88. The molecule has 1 aliphatic rings. The molecule has 0 bridgehead atoms. The van der Waals surface area contributed by atoms with E-state index >= 15 is 0 Å². The molecule has 0 aliphatic heterocycles. The second-order valence-electron chi connectivity index (χ2n) is 5.22. The van der Waals surface area contributed by atoms with Crippen LogP contribution in [0.4, 0.5) is 5.69 Å². The number of carbonyl (C=O) groups excluding carboxylic acids is 2. The number of nitrogens with one attached hydrogen (secondary N) is 2. The minimum atomic E-state index is -0.719. The number of benzene rings is 1. The maximum absolute atomic E-state index is 11.9. The van der Waals surface area contributed by atoms with Crippen LogP contribution in [0, 0.1) is 0 Å². The molecule has 0 unspecified atom stereocenters. The molecule has 2 N–H and O–H groups in total. The van der Waals surface area contributed by atoms with E-state index < -0.39 is 11.8 Å². The van der Waals surface area contributed by atoms with Gasteiger partial charge >= 0.3 is 11.8 Å². The van der Waals surface area contributed by atoms with E-state index in [0.29, 0.717) is 10.7 Å². The van der Waals surface area contributed by atoms with E-state index in [0.717, 1.165) is 25.7 Å². The molecule has 114 valence electrons. The van der Waals surface area contributed by atoms with Gasteiger partial charge in [-0.1, -0.05) is 55.0 Å². The quantitative estimate of drug-likeness (QED) is 0.641. The van der Waals surface area contributed by atoms with Crippen molar-refractivity contribution < 1.29 is 9.59 Å². The van der Waals surface area contributed by atoms with E-state index in [4.69, 9.17) is 23.2 Å². The van der Waals surface area contributed by atoms with Crippen LogP contribution in [0.2, 0.25) is 10.0 Å². The summed E-state index contributed by atoms with van der Waals surface area (Å²) in [6.07, 6.45) is 6.42. The minimum Gasteiger partial charge on any atom is -0.345 e. The summed E-state index contributed by atoms with van der Waals surface area (Å²) in [6, 6.07) is 4.96. The third-order valence-electron chi connectivity index (χ3n) is 3.60. The lowest BCUT2D eigenvalue weighted by Crippen LogP contribution is -2.41. The molecule has 4 nitrogen and oxygen atoms in total. The maximum Gasteiger partial charge on any atom is 0.313 e. The maximum atomic E-state index is 11.9. The molecule has 1 saturated carbocycles. The van der Waals surface area contributed by atoms with Crippen LogP contribution in [-0.2, 0) is 9.59 Å². The van der Waals surface area contributed by atoms with Crippen molar-refractivity contribution in [1.29, 1.82) is 0 Å². The van der Waals surface area contributed by atoms with Crippen molar-refractivity contribution in [2.45, 2.75) is 44.6 Å². The molecule has 2 amide bonds. The average molecular weight is 329 g/mol. The second-order valence-corrected chi connectivity index (χ2v) is 6.00. The molecule has 0 atom stereocenters. The van der Waals surface area contributed by atoms with Gasteiger partial charge in [-0.25, -0.2) is 0 Å². The largest absolute Gasteiger partial charge is 0.345 e. The number of hydrogen-bond donors (Lipinski definition) is 2. The van der Waals surface area contributed by atoms with Gasteiger partial charge in [-0.15, -0.1) is 0 Å². The summed E-state index contributed by atoms with van der Waals surface area (Å²) in [7, 11) is 0. The van der Waals surface area contributed by atoms with Crippen molar-refractivity contribution in [2.75, 3.05) is 5.32 Å². The third-order valence-corrected chi connectivity index (χ3v) is 4.42. The van der Waals surface area contributed by atoms with Gasteiger partial charge in [0.2, 0.25) is 0 Å². The fraction of sp³-hybridized carbons (Fsp3) is 0.467. The lowest BCUT2D eigenvalue weighted by Gasteiger charge is -2.16. The van der Waals surface area contributed by atoms with E-state index in [1.807, 2.05) is 0 Å². The molecular formula is C15H18Cl2N2O2. The summed E-state index contributed by atoms with van der Waals surface area (Å²) >= 11 is 11.8. The first-order valence-electron chi connectivity index (χ1n) is 7.14. The molecule has 1 aliphatic carbocycles. The summed E-state index contributed by atoms with van der Waals surface area (Å²) in [4.78, 5) is 23.8. The third kappa shape index (κ3) is 4.61. The van der Waals surface area contributed by atoms with Crippen LogP contribution in [0.1, 0.15) is 38.5 Å². The topological polar surface area (TPSA) is 58.2 Å². The summed E-state index contributed by atoms with van der Waals surface area (Å²) in [5, 5.41) is 5.84. The highest BCUT2D eigenvalue weighted by molar-refractivity contribution is 6.45. The van der Waals surface area contributed by atoms with Crippen LogP contribution >= 0.6 is 23.2 Å². The second kappa shape index (κ2) is 7.66. The Balaban J connectivity index is 1.93. The first-order chi connectivity index (χ1) is 10.1. The highest BCUT2D eigenvalue weighted by Gasteiger charge is 2.20. The SMILES string of the molecule is O=C(Nc1cccc(Cl)c1Cl)C(=O)NC1CCCCCC1. The predicted octanol–water partition coefficient (Wildman–Crippen LogP) is 3.77. The molecule has 1 aromatic carbocycles. The van der Waals surface area contributed by atoms with E-state index in [1.54, 1.807) is 18.2 Å². The first-order valence-corrected chi connectivity index (χ1v) is 7.89. The molecule has 1 fully saturated rings. The highest BCUT2D eigenvalue weighted by atomic mass is 35.5. The molecule has 0 radical (unpaired) electrons. The van der Waals surface area contributed by atoms with Crippen LogP contribution in [0.25, 0.3) is 0 Å². The zero-order valence-electron chi connectivity index (χ0n) is 11.6. The number of amides is 2. The Morgan fingerprint density at radius 3 is 2.33 bits per heavy atom. The van der Waals surface area contributed by atoms with E-state index in [2.05, 4.69) is 10.6 Å². The van der Waals surface area contributed by atoms with Crippen molar-refractivity contribution in [2.24, 2.45) is 0 Å². The van der Waals surface area contributed by atoms with E-state index in [1.165, 1.54) is 12.8 Å². The van der Waals surface area contributed by atoms with Crippen LogP contribution in [0.15, 0.2) is 18.2 Å². The van der Waals surface area contributed by atoms with Crippen LogP contribution in [0.5, 0.6) is 0 Å². The Bertz CT molecular complexity index is 526. The Hall–Kier alpha value is -1.26. The molecule has 2 rings (SSSR count). The van der Waals surface area contributed by atoms with Crippen LogP contribution in [-0.4, -0.2) is 17.9 Å². The molecule has 21 heavy (non-hydrogen) atoms. The average Bonchev–Trinajstić information content (AvgIpc) is 2.72. The fourth-order valence-electron chi connectivity index (χ4n) is 2.45. The van der Waals surface area contributed by atoms with E-state index in [-0.39, 0.29) is 11.1 Å². The highest BCUT2D eigenvalue weighted by Crippen LogP contribution is 2.29. The Morgan fingerprint density at radius 2 is 1.67 bits per heavy atom. The zero-order valence-corrected chi connectivity index (χ0v) is 13.1.